The van der Waals surface area contributed by atoms with E-state index < -0.39 is 47.8 Å². The maximum absolute atomic E-state index is 11.7. The fourth-order valence-electron chi connectivity index (χ4n) is 2.12. The number of carbonyl (C=O) groups excluding carboxylic acids is 8. The van der Waals surface area contributed by atoms with Gasteiger partial charge in [-0.15, -0.1) is 0 Å². The Hall–Kier alpha value is -5.52. The number of hydrogen-bond acceptors (Lipinski definition) is 12. The molecule has 12 heteroatoms. The van der Waals surface area contributed by atoms with Crippen molar-refractivity contribution in [2.45, 2.75) is 0 Å². The first kappa shape index (κ1) is 26.7. The predicted octanol–water partition coefficient (Wildman–Crippen LogP) is 1.01. The number of hydrogen-bond donors (Lipinski definition) is 0. The summed E-state index contributed by atoms with van der Waals surface area (Å²) >= 11 is 0. The summed E-state index contributed by atoms with van der Waals surface area (Å²) in [5.74, 6) is -11.4. The first-order valence-corrected chi connectivity index (χ1v) is 9.66. The van der Waals surface area contributed by atoms with Crippen LogP contribution < -0.4 is 0 Å². The average molecular weight is 494 g/mol. The smallest absolute Gasteiger partial charge is 0.386 e. The Kier molecular flexibility index (Phi) is 9.84. The van der Waals surface area contributed by atoms with Gasteiger partial charge in [0.15, 0.2) is 0 Å². The Labute approximate surface area is 201 Å². The van der Waals surface area contributed by atoms with Crippen LogP contribution in [0.1, 0.15) is 20.7 Å². The van der Waals surface area contributed by atoms with Crippen molar-refractivity contribution in [3.05, 3.63) is 96.1 Å². The van der Waals surface area contributed by atoms with E-state index in [1.807, 2.05) is 0 Å². The van der Waals surface area contributed by atoms with Crippen LogP contribution >= 0.6 is 0 Å². The molecule has 0 amide bonds. The van der Waals surface area contributed by atoms with Crippen molar-refractivity contribution >= 4 is 47.8 Å². The highest BCUT2D eigenvalue weighted by atomic mass is 16.6. The van der Waals surface area contributed by atoms with Crippen LogP contribution in [0.4, 0.5) is 0 Å². The molecule has 182 valence electrons. The highest BCUT2D eigenvalue weighted by Gasteiger charge is 2.23. The fraction of sp³-hybridized carbons (Fsp3) is 0. The Morgan fingerprint density at radius 1 is 0.417 bits per heavy atom. The first-order valence-electron chi connectivity index (χ1n) is 9.66. The molecular formula is C24H14O12. The van der Waals surface area contributed by atoms with Crippen LogP contribution in [0, 0.1) is 0 Å². The number of rotatable bonds is 6. The molecule has 0 saturated carbocycles. The lowest BCUT2D eigenvalue weighted by atomic mass is 10.2. The van der Waals surface area contributed by atoms with Gasteiger partial charge in [0, 0.05) is 24.3 Å². The summed E-state index contributed by atoms with van der Waals surface area (Å²) in [6, 6.07) is 14.9. The Bertz CT molecular complexity index is 1160. The molecule has 2 aromatic rings. The Balaban J connectivity index is 1.76. The van der Waals surface area contributed by atoms with Crippen LogP contribution in [0.5, 0.6) is 0 Å². The Morgan fingerprint density at radius 3 is 1.00 bits per heavy atom. The number of esters is 8. The predicted molar refractivity (Wildman–Crippen MR) is 114 cm³/mol. The minimum absolute atomic E-state index is 0.0644. The van der Waals surface area contributed by atoms with E-state index >= 15 is 0 Å². The summed E-state index contributed by atoms with van der Waals surface area (Å²) < 4.78 is 16.9. The highest BCUT2D eigenvalue weighted by Crippen LogP contribution is 2.03. The van der Waals surface area contributed by atoms with Crippen LogP contribution in [-0.2, 0) is 47.7 Å². The van der Waals surface area contributed by atoms with Crippen molar-refractivity contribution in [3.8, 4) is 0 Å². The minimum Gasteiger partial charge on any atom is -0.386 e. The number of benzene rings is 2. The summed E-state index contributed by atoms with van der Waals surface area (Å²) in [6.07, 6.45) is 1.68. The van der Waals surface area contributed by atoms with E-state index in [1.54, 1.807) is 12.1 Å². The van der Waals surface area contributed by atoms with Gasteiger partial charge in [-0.1, -0.05) is 36.4 Å². The van der Waals surface area contributed by atoms with Gasteiger partial charge in [0.1, 0.15) is 0 Å². The van der Waals surface area contributed by atoms with Crippen LogP contribution in [0.2, 0.25) is 0 Å². The lowest BCUT2D eigenvalue weighted by Gasteiger charge is -2.00. The summed E-state index contributed by atoms with van der Waals surface area (Å²) in [5.41, 5.74) is 0.129. The summed E-state index contributed by atoms with van der Waals surface area (Å²) in [7, 11) is 0. The molecular weight excluding hydrogens is 480 g/mol. The van der Waals surface area contributed by atoms with Crippen molar-refractivity contribution in [2.24, 2.45) is 0 Å². The van der Waals surface area contributed by atoms with Crippen molar-refractivity contribution < 1.29 is 57.3 Å². The third kappa shape index (κ3) is 9.15. The Morgan fingerprint density at radius 2 is 0.694 bits per heavy atom. The zero-order valence-corrected chi connectivity index (χ0v) is 18.0. The van der Waals surface area contributed by atoms with Gasteiger partial charge >= 0.3 is 47.8 Å². The van der Waals surface area contributed by atoms with Gasteiger partial charge in [-0.05, 0) is 24.3 Å². The van der Waals surface area contributed by atoms with Gasteiger partial charge in [-0.2, -0.15) is 0 Å². The zero-order chi connectivity index (χ0) is 26.5. The van der Waals surface area contributed by atoms with Gasteiger partial charge in [0.05, 0.1) is 11.1 Å². The van der Waals surface area contributed by atoms with Crippen molar-refractivity contribution in [2.75, 3.05) is 0 Å². The summed E-state index contributed by atoms with van der Waals surface area (Å²) in [4.78, 5) is 92.5. The quantitative estimate of drug-likeness (QED) is 0.184. The maximum atomic E-state index is 11.7. The van der Waals surface area contributed by atoms with Crippen molar-refractivity contribution in [1.29, 1.82) is 0 Å². The average Bonchev–Trinajstić information content (AvgIpc) is 2.87. The molecule has 2 rings (SSSR count). The molecule has 2 aromatic carbocycles. The monoisotopic (exact) mass is 494 g/mol. The molecule has 0 fully saturated rings. The molecule has 0 N–H and O–H groups in total. The second-order valence-electron chi connectivity index (χ2n) is 6.23. The molecule has 0 aliphatic rings. The molecule has 0 unspecified atom stereocenters. The summed E-state index contributed by atoms with van der Waals surface area (Å²) in [5, 5.41) is 0. The molecule has 0 aliphatic carbocycles. The lowest BCUT2D eigenvalue weighted by Crippen LogP contribution is -2.25. The van der Waals surface area contributed by atoms with Crippen LogP contribution in [-0.4, -0.2) is 47.8 Å². The fourth-order valence-corrected chi connectivity index (χ4v) is 2.12. The van der Waals surface area contributed by atoms with E-state index in [0.717, 1.165) is 0 Å². The van der Waals surface area contributed by atoms with E-state index in [1.165, 1.54) is 48.5 Å². The van der Waals surface area contributed by atoms with Gasteiger partial charge in [-0.25, -0.2) is 38.4 Å². The molecule has 12 nitrogen and oxygen atoms in total. The lowest BCUT2D eigenvalue weighted by molar-refractivity contribution is -0.174. The second-order valence-corrected chi connectivity index (χ2v) is 6.23. The second kappa shape index (κ2) is 13.3. The molecule has 0 bridgehead atoms. The van der Waals surface area contributed by atoms with Gasteiger partial charge in [0.2, 0.25) is 0 Å². The first-order chi connectivity index (χ1) is 17.2. The normalized spacial score (nSPS) is 10.3. The summed E-state index contributed by atoms with van der Waals surface area (Å²) in [6.45, 7) is 0. The van der Waals surface area contributed by atoms with Gasteiger partial charge in [0.25, 0.3) is 0 Å². The molecule has 0 aromatic heterocycles. The zero-order valence-electron chi connectivity index (χ0n) is 18.0. The molecule has 0 aliphatic heterocycles. The molecule has 0 radical (unpaired) electrons. The SMILES string of the molecule is O=C(/C=C\C(=O)OC(=O)c1ccccc1)OC(=O)C(=O)OC(=O)/C=C\C(=O)OC(=O)c1ccccc1. The molecule has 0 saturated heterocycles. The highest BCUT2D eigenvalue weighted by molar-refractivity contribution is 6.34. The largest absolute Gasteiger partial charge is 0.425 e. The van der Waals surface area contributed by atoms with Crippen molar-refractivity contribution in [3.63, 3.8) is 0 Å². The molecule has 0 atom stereocenters. The van der Waals surface area contributed by atoms with Gasteiger partial charge in [-0.3, -0.25) is 0 Å². The van der Waals surface area contributed by atoms with Crippen LogP contribution in [0.3, 0.4) is 0 Å². The third-order valence-electron chi connectivity index (χ3n) is 3.67. The van der Waals surface area contributed by atoms with E-state index in [0.29, 0.717) is 24.3 Å². The molecule has 36 heavy (non-hydrogen) atoms. The standard InChI is InChI=1S/C24H14O12/c25-17(33-21(29)15-7-3-1-4-8-15)11-13-19(27)35-23(31)24(32)36-20(28)14-12-18(26)34-22(30)16-9-5-2-6-10-16/h1-14H/b13-11-,14-12-. The maximum Gasteiger partial charge on any atom is 0.425 e. The van der Waals surface area contributed by atoms with E-state index in [2.05, 4.69) is 18.9 Å². The van der Waals surface area contributed by atoms with Crippen molar-refractivity contribution in [1.82, 2.24) is 0 Å². The third-order valence-corrected chi connectivity index (χ3v) is 3.67. The van der Waals surface area contributed by atoms with Crippen LogP contribution in [0.15, 0.2) is 85.0 Å². The minimum atomic E-state index is -1.93. The van der Waals surface area contributed by atoms with E-state index in [4.69, 9.17) is 0 Å². The van der Waals surface area contributed by atoms with Crippen LogP contribution in [0.25, 0.3) is 0 Å². The van der Waals surface area contributed by atoms with E-state index in [-0.39, 0.29) is 11.1 Å². The molecule has 0 heterocycles. The number of carbonyl (C=O) groups is 8. The number of ether oxygens (including phenoxy) is 4. The van der Waals surface area contributed by atoms with E-state index in [9.17, 15) is 38.4 Å². The topological polar surface area (TPSA) is 173 Å². The molecule has 0 spiro atoms. The van der Waals surface area contributed by atoms with Gasteiger partial charge < -0.3 is 18.9 Å².